The number of carbonyl (C=O) groups excluding carboxylic acids is 2. The average Bonchev–Trinajstić information content (AvgIpc) is 2.92. The summed E-state index contributed by atoms with van der Waals surface area (Å²) in [4.78, 5) is 40.7. The van der Waals surface area contributed by atoms with Crippen molar-refractivity contribution in [3.8, 4) is 11.5 Å². The summed E-state index contributed by atoms with van der Waals surface area (Å²) in [6, 6.07) is 18.2. The fourth-order valence-electron chi connectivity index (χ4n) is 4.14. The van der Waals surface area contributed by atoms with Crippen LogP contribution in [0.25, 0.3) is 0 Å². The molecule has 9 heteroatoms. The Morgan fingerprint density at radius 1 is 0.800 bits per heavy atom. The quantitative estimate of drug-likeness (QED) is 0.291. The Labute approximate surface area is 202 Å². The highest BCUT2D eigenvalue weighted by Crippen LogP contribution is 2.32. The van der Waals surface area contributed by atoms with Gasteiger partial charge in [-0.3, -0.25) is 19.7 Å². The second kappa shape index (κ2) is 10.3. The van der Waals surface area contributed by atoms with Gasteiger partial charge in [-0.1, -0.05) is 30.3 Å². The van der Waals surface area contributed by atoms with E-state index < -0.39 is 4.92 Å². The second-order valence-electron chi connectivity index (χ2n) is 8.00. The maximum atomic E-state index is 13.0. The fourth-order valence-corrected chi connectivity index (χ4v) is 4.14. The molecule has 9 nitrogen and oxygen atoms in total. The number of hydrogen-bond donors (Lipinski definition) is 0. The summed E-state index contributed by atoms with van der Waals surface area (Å²) < 4.78 is 10.5. The summed E-state index contributed by atoms with van der Waals surface area (Å²) in [5, 5.41) is 11.8. The molecule has 1 fully saturated rings. The van der Waals surface area contributed by atoms with E-state index in [1.54, 1.807) is 65.6 Å². The lowest BCUT2D eigenvalue weighted by Crippen LogP contribution is -2.49. The molecule has 0 aromatic heterocycles. The third-order valence-electron chi connectivity index (χ3n) is 6.01. The third kappa shape index (κ3) is 4.93. The standard InChI is InChI=1S/C26H25N3O6/c1-34-23-11-9-20(17-24(23)35-2)26(31)28-14-12-27(13-15-28)21-10-8-19(16-22(21)29(32)33)25(30)18-6-4-3-5-7-18/h3-11,16-17H,12-15H2,1-2H3. The first-order valence-corrected chi connectivity index (χ1v) is 11.1. The summed E-state index contributed by atoms with van der Waals surface area (Å²) in [7, 11) is 3.04. The summed E-state index contributed by atoms with van der Waals surface area (Å²) in [5.74, 6) is 0.586. The molecule has 0 saturated carbocycles. The molecule has 0 spiro atoms. The molecule has 3 aromatic rings. The van der Waals surface area contributed by atoms with E-state index in [0.29, 0.717) is 54.5 Å². The van der Waals surface area contributed by atoms with Gasteiger partial charge in [0, 0.05) is 48.9 Å². The highest BCUT2D eigenvalue weighted by Gasteiger charge is 2.28. The number of methoxy groups -OCH3 is 2. The van der Waals surface area contributed by atoms with Crippen LogP contribution in [0, 0.1) is 10.1 Å². The summed E-state index contributed by atoms with van der Waals surface area (Å²) in [6.07, 6.45) is 0. The van der Waals surface area contributed by atoms with Crippen molar-refractivity contribution in [1.82, 2.24) is 4.90 Å². The van der Waals surface area contributed by atoms with E-state index >= 15 is 0 Å². The van der Waals surface area contributed by atoms with E-state index in [1.807, 2.05) is 4.90 Å². The molecule has 0 bridgehead atoms. The number of piperazine rings is 1. The Kier molecular flexibility index (Phi) is 6.96. The Bertz CT molecular complexity index is 1250. The van der Waals surface area contributed by atoms with Crippen molar-refractivity contribution in [1.29, 1.82) is 0 Å². The monoisotopic (exact) mass is 475 g/mol. The van der Waals surface area contributed by atoms with Gasteiger partial charge in [-0.15, -0.1) is 0 Å². The molecule has 3 aromatic carbocycles. The van der Waals surface area contributed by atoms with Crippen LogP contribution in [0.2, 0.25) is 0 Å². The zero-order chi connectivity index (χ0) is 24.9. The molecule has 1 amide bonds. The first kappa shape index (κ1) is 23.7. The van der Waals surface area contributed by atoms with Crippen LogP contribution in [-0.2, 0) is 0 Å². The molecule has 0 N–H and O–H groups in total. The van der Waals surface area contributed by atoms with Crippen LogP contribution in [0.3, 0.4) is 0 Å². The van der Waals surface area contributed by atoms with Crippen LogP contribution in [0.4, 0.5) is 11.4 Å². The summed E-state index contributed by atoms with van der Waals surface area (Å²) in [6.45, 7) is 1.64. The molecule has 4 rings (SSSR count). The Morgan fingerprint density at radius 3 is 2.09 bits per heavy atom. The molecule has 0 radical (unpaired) electrons. The number of benzene rings is 3. The molecule has 1 heterocycles. The van der Waals surface area contributed by atoms with Gasteiger partial charge < -0.3 is 19.3 Å². The maximum absolute atomic E-state index is 13.0. The van der Waals surface area contributed by atoms with Gasteiger partial charge >= 0.3 is 0 Å². The Morgan fingerprint density at radius 2 is 1.46 bits per heavy atom. The van der Waals surface area contributed by atoms with E-state index in [9.17, 15) is 19.7 Å². The number of ether oxygens (including phenoxy) is 2. The zero-order valence-electron chi connectivity index (χ0n) is 19.5. The molecule has 1 saturated heterocycles. The molecule has 0 unspecified atom stereocenters. The average molecular weight is 476 g/mol. The number of carbonyl (C=O) groups is 2. The summed E-state index contributed by atoms with van der Waals surface area (Å²) >= 11 is 0. The van der Waals surface area contributed by atoms with Crippen LogP contribution in [0.1, 0.15) is 26.3 Å². The number of nitro benzene ring substituents is 1. The zero-order valence-corrected chi connectivity index (χ0v) is 19.5. The second-order valence-corrected chi connectivity index (χ2v) is 8.00. The van der Waals surface area contributed by atoms with E-state index in [1.165, 1.54) is 20.3 Å². The number of ketones is 1. The number of nitro groups is 1. The number of anilines is 1. The fraction of sp³-hybridized carbons (Fsp3) is 0.231. The van der Waals surface area contributed by atoms with E-state index in [2.05, 4.69) is 0 Å². The van der Waals surface area contributed by atoms with Crippen molar-refractivity contribution >= 4 is 23.1 Å². The minimum atomic E-state index is -0.474. The van der Waals surface area contributed by atoms with Gasteiger partial charge in [0.25, 0.3) is 11.6 Å². The largest absolute Gasteiger partial charge is 0.493 e. The van der Waals surface area contributed by atoms with Crippen LogP contribution in [0.5, 0.6) is 11.5 Å². The molecule has 0 atom stereocenters. The molecular formula is C26H25N3O6. The van der Waals surface area contributed by atoms with Crippen LogP contribution in [0.15, 0.2) is 66.7 Å². The molecule has 0 aliphatic carbocycles. The normalized spacial score (nSPS) is 13.3. The van der Waals surface area contributed by atoms with E-state index in [4.69, 9.17) is 9.47 Å². The molecule has 1 aliphatic rings. The van der Waals surface area contributed by atoms with Crippen molar-refractivity contribution in [3.05, 3.63) is 93.5 Å². The molecule has 35 heavy (non-hydrogen) atoms. The number of hydrogen-bond acceptors (Lipinski definition) is 7. The van der Waals surface area contributed by atoms with Crippen LogP contribution >= 0.6 is 0 Å². The maximum Gasteiger partial charge on any atom is 0.293 e. The lowest BCUT2D eigenvalue weighted by Gasteiger charge is -2.36. The van der Waals surface area contributed by atoms with Crippen LogP contribution < -0.4 is 14.4 Å². The number of rotatable bonds is 7. The first-order chi connectivity index (χ1) is 16.9. The Hall–Kier alpha value is -4.40. The van der Waals surface area contributed by atoms with Gasteiger partial charge in [0.2, 0.25) is 0 Å². The highest BCUT2D eigenvalue weighted by atomic mass is 16.6. The van der Waals surface area contributed by atoms with Gasteiger partial charge in [0.1, 0.15) is 5.69 Å². The first-order valence-electron chi connectivity index (χ1n) is 11.1. The molecular weight excluding hydrogens is 450 g/mol. The van der Waals surface area contributed by atoms with Gasteiger partial charge in [0.05, 0.1) is 19.1 Å². The van der Waals surface area contributed by atoms with Crippen LogP contribution in [-0.4, -0.2) is 61.9 Å². The predicted molar refractivity (Wildman–Crippen MR) is 131 cm³/mol. The minimum Gasteiger partial charge on any atom is -0.493 e. The predicted octanol–water partition coefficient (Wildman–Crippen LogP) is 3.81. The smallest absolute Gasteiger partial charge is 0.293 e. The summed E-state index contributed by atoms with van der Waals surface area (Å²) in [5.41, 5.74) is 1.50. The minimum absolute atomic E-state index is 0.133. The van der Waals surface area contributed by atoms with Crippen molar-refractivity contribution in [2.24, 2.45) is 0 Å². The third-order valence-corrected chi connectivity index (χ3v) is 6.01. The molecule has 180 valence electrons. The van der Waals surface area contributed by atoms with E-state index in [-0.39, 0.29) is 22.9 Å². The van der Waals surface area contributed by atoms with Crippen molar-refractivity contribution in [2.45, 2.75) is 0 Å². The van der Waals surface area contributed by atoms with Crippen molar-refractivity contribution < 1.29 is 24.0 Å². The Balaban J connectivity index is 1.49. The topological polar surface area (TPSA) is 102 Å². The van der Waals surface area contributed by atoms with Gasteiger partial charge in [-0.2, -0.15) is 0 Å². The number of amides is 1. The van der Waals surface area contributed by atoms with E-state index in [0.717, 1.165) is 0 Å². The SMILES string of the molecule is COc1ccc(C(=O)N2CCN(c3ccc(C(=O)c4ccccc4)cc3[N+](=O)[O-])CC2)cc1OC. The number of nitrogens with zero attached hydrogens (tertiary/aromatic N) is 3. The lowest BCUT2D eigenvalue weighted by molar-refractivity contribution is -0.384. The van der Waals surface area contributed by atoms with Crippen molar-refractivity contribution in [2.75, 3.05) is 45.3 Å². The van der Waals surface area contributed by atoms with Crippen molar-refractivity contribution in [3.63, 3.8) is 0 Å². The van der Waals surface area contributed by atoms with Gasteiger partial charge in [0.15, 0.2) is 17.3 Å². The molecule has 1 aliphatic heterocycles. The lowest BCUT2D eigenvalue weighted by atomic mass is 10.0. The highest BCUT2D eigenvalue weighted by molar-refractivity contribution is 6.09. The van der Waals surface area contributed by atoms with Gasteiger partial charge in [-0.05, 0) is 30.3 Å². The van der Waals surface area contributed by atoms with Gasteiger partial charge in [-0.25, -0.2) is 0 Å².